The van der Waals surface area contributed by atoms with E-state index >= 15 is 0 Å². The van der Waals surface area contributed by atoms with Crippen LogP contribution in [0.4, 0.5) is 5.69 Å². The predicted octanol–water partition coefficient (Wildman–Crippen LogP) is 2.51. The number of likely N-dealkylation sites (N-methyl/N-ethyl adjacent to an activating group) is 1. The number of benzene rings is 1. The van der Waals surface area contributed by atoms with E-state index in [1.165, 1.54) is 11.3 Å². The molecule has 2 unspecified atom stereocenters. The molecule has 1 aliphatic rings. The summed E-state index contributed by atoms with van der Waals surface area (Å²) in [5.41, 5.74) is 2.43. The Hall–Kier alpha value is -0.580. The van der Waals surface area contributed by atoms with Gasteiger partial charge in [0, 0.05) is 24.1 Å². The Morgan fingerprint density at radius 1 is 1.32 bits per heavy atom. The SMILES string of the molecule is Cc1ccc(N2CC(C)CN(C)CC2CO)c(Br)c1. The number of aliphatic hydroxyl groups is 1. The average molecular weight is 327 g/mol. The molecule has 0 spiro atoms. The lowest BCUT2D eigenvalue weighted by Gasteiger charge is -2.33. The van der Waals surface area contributed by atoms with Crippen LogP contribution in [0.25, 0.3) is 0 Å². The molecular formula is C15H23BrN2O. The van der Waals surface area contributed by atoms with Crippen molar-refractivity contribution in [3.63, 3.8) is 0 Å². The average Bonchev–Trinajstić information content (AvgIpc) is 2.47. The Bertz CT molecular complexity index is 438. The van der Waals surface area contributed by atoms with Crippen LogP contribution in [-0.4, -0.2) is 49.3 Å². The summed E-state index contributed by atoms with van der Waals surface area (Å²) >= 11 is 3.66. The van der Waals surface area contributed by atoms with Crippen molar-refractivity contribution >= 4 is 21.6 Å². The Morgan fingerprint density at radius 3 is 2.68 bits per heavy atom. The topological polar surface area (TPSA) is 26.7 Å². The van der Waals surface area contributed by atoms with E-state index in [1.54, 1.807) is 0 Å². The van der Waals surface area contributed by atoms with Gasteiger partial charge in [-0.25, -0.2) is 0 Å². The van der Waals surface area contributed by atoms with E-state index in [1.807, 2.05) is 0 Å². The Morgan fingerprint density at radius 2 is 2.05 bits per heavy atom. The zero-order valence-corrected chi connectivity index (χ0v) is 13.5. The van der Waals surface area contributed by atoms with Crippen LogP contribution in [0.5, 0.6) is 0 Å². The summed E-state index contributed by atoms with van der Waals surface area (Å²) in [6.07, 6.45) is 0. The molecule has 1 heterocycles. The number of hydrogen-bond donors (Lipinski definition) is 1. The molecule has 1 fully saturated rings. The zero-order valence-electron chi connectivity index (χ0n) is 11.9. The molecule has 0 bridgehead atoms. The van der Waals surface area contributed by atoms with Crippen LogP contribution in [0.1, 0.15) is 12.5 Å². The fraction of sp³-hybridized carbons (Fsp3) is 0.600. The molecule has 3 nitrogen and oxygen atoms in total. The maximum absolute atomic E-state index is 9.71. The summed E-state index contributed by atoms with van der Waals surface area (Å²) in [5.74, 6) is 0.592. The van der Waals surface area contributed by atoms with Gasteiger partial charge in [0.05, 0.1) is 18.3 Å². The fourth-order valence-electron chi connectivity index (χ4n) is 2.90. The van der Waals surface area contributed by atoms with Crippen LogP contribution in [0.3, 0.4) is 0 Å². The molecule has 1 aromatic carbocycles. The number of nitrogens with zero attached hydrogens (tertiary/aromatic N) is 2. The molecule has 106 valence electrons. The minimum absolute atomic E-state index is 0.161. The van der Waals surface area contributed by atoms with Gasteiger partial charge in [0.15, 0.2) is 0 Å². The molecule has 0 aliphatic carbocycles. The molecule has 2 rings (SSSR count). The van der Waals surface area contributed by atoms with Crippen molar-refractivity contribution in [3.05, 3.63) is 28.2 Å². The van der Waals surface area contributed by atoms with Gasteiger partial charge in [0.1, 0.15) is 0 Å². The molecule has 1 aromatic rings. The van der Waals surface area contributed by atoms with Gasteiger partial charge < -0.3 is 14.9 Å². The lowest BCUT2D eigenvalue weighted by Crippen LogP contribution is -2.43. The van der Waals surface area contributed by atoms with Crippen molar-refractivity contribution in [3.8, 4) is 0 Å². The van der Waals surface area contributed by atoms with Crippen molar-refractivity contribution in [2.24, 2.45) is 5.92 Å². The highest BCUT2D eigenvalue weighted by Gasteiger charge is 2.27. The van der Waals surface area contributed by atoms with Gasteiger partial charge in [-0.05, 0) is 53.5 Å². The first-order valence-electron chi connectivity index (χ1n) is 6.83. The third-order valence-electron chi connectivity index (χ3n) is 3.72. The van der Waals surface area contributed by atoms with Crippen LogP contribution in [0.15, 0.2) is 22.7 Å². The van der Waals surface area contributed by atoms with Gasteiger partial charge in [-0.3, -0.25) is 0 Å². The summed E-state index contributed by atoms with van der Waals surface area (Å²) in [7, 11) is 2.13. The standard InChI is InChI=1S/C15H23BrN2O/c1-11-4-5-15(14(16)6-11)18-8-12(2)7-17(3)9-13(18)10-19/h4-6,12-13,19H,7-10H2,1-3H3. The van der Waals surface area contributed by atoms with E-state index in [9.17, 15) is 5.11 Å². The third kappa shape index (κ3) is 3.50. The second kappa shape index (κ2) is 6.25. The minimum atomic E-state index is 0.161. The summed E-state index contributed by atoms with van der Waals surface area (Å²) in [6.45, 7) is 7.52. The second-order valence-corrected chi connectivity index (χ2v) is 6.62. The molecule has 0 radical (unpaired) electrons. The van der Waals surface area contributed by atoms with Gasteiger partial charge in [-0.15, -0.1) is 0 Å². The first kappa shape index (κ1) is 14.8. The second-order valence-electron chi connectivity index (χ2n) is 5.77. The normalized spacial score (nSPS) is 25.4. The highest BCUT2D eigenvalue weighted by Crippen LogP contribution is 2.30. The van der Waals surface area contributed by atoms with Gasteiger partial charge >= 0.3 is 0 Å². The van der Waals surface area contributed by atoms with Crippen molar-refractivity contribution in [1.82, 2.24) is 4.90 Å². The first-order chi connectivity index (χ1) is 9.01. The van der Waals surface area contributed by atoms with Crippen LogP contribution < -0.4 is 4.90 Å². The summed E-state index contributed by atoms with van der Waals surface area (Å²) < 4.78 is 1.11. The van der Waals surface area contributed by atoms with E-state index in [4.69, 9.17) is 0 Å². The lowest BCUT2D eigenvalue weighted by atomic mass is 10.1. The predicted molar refractivity (Wildman–Crippen MR) is 83.8 cm³/mol. The van der Waals surface area contributed by atoms with Gasteiger partial charge in [-0.1, -0.05) is 13.0 Å². The molecule has 2 atom stereocenters. The van der Waals surface area contributed by atoms with Crippen molar-refractivity contribution in [1.29, 1.82) is 0 Å². The Kier molecular flexibility index (Phi) is 4.87. The van der Waals surface area contributed by atoms with Gasteiger partial charge in [0.25, 0.3) is 0 Å². The van der Waals surface area contributed by atoms with Crippen molar-refractivity contribution < 1.29 is 5.11 Å². The van der Waals surface area contributed by atoms with E-state index in [0.717, 1.165) is 24.1 Å². The monoisotopic (exact) mass is 326 g/mol. The number of hydrogen-bond acceptors (Lipinski definition) is 3. The van der Waals surface area contributed by atoms with Gasteiger partial charge in [-0.2, -0.15) is 0 Å². The quantitative estimate of drug-likeness (QED) is 0.904. The molecule has 1 saturated heterocycles. The van der Waals surface area contributed by atoms with Crippen molar-refractivity contribution in [2.75, 3.05) is 38.2 Å². The summed E-state index contributed by atoms with van der Waals surface area (Å²) in [5, 5.41) is 9.71. The number of rotatable bonds is 2. The first-order valence-corrected chi connectivity index (χ1v) is 7.62. The summed E-state index contributed by atoms with van der Waals surface area (Å²) in [4.78, 5) is 4.66. The Labute approximate surface area is 124 Å². The van der Waals surface area contributed by atoms with E-state index in [-0.39, 0.29) is 12.6 Å². The van der Waals surface area contributed by atoms with E-state index < -0.39 is 0 Å². The van der Waals surface area contributed by atoms with Crippen LogP contribution in [0.2, 0.25) is 0 Å². The molecule has 19 heavy (non-hydrogen) atoms. The number of aliphatic hydroxyl groups excluding tert-OH is 1. The highest BCUT2D eigenvalue weighted by molar-refractivity contribution is 9.10. The largest absolute Gasteiger partial charge is 0.394 e. The van der Waals surface area contributed by atoms with E-state index in [0.29, 0.717) is 5.92 Å². The smallest absolute Gasteiger partial charge is 0.0648 e. The van der Waals surface area contributed by atoms with Gasteiger partial charge in [0.2, 0.25) is 0 Å². The maximum atomic E-state index is 9.71. The minimum Gasteiger partial charge on any atom is -0.394 e. The zero-order chi connectivity index (χ0) is 14.0. The number of halogens is 1. The van der Waals surface area contributed by atoms with Crippen LogP contribution in [0, 0.1) is 12.8 Å². The maximum Gasteiger partial charge on any atom is 0.0648 e. The molecule has 1 aliphatic heterocycles. The molecular weight excluding hydrogens is 304 g/mol. The number of anilines is 1. The van der Waals surface area contributed by atoms with Crippen LogP contribution in [-0.2, 0) is 0 Å². The Balaban J connectivity index is 2.33. The van der Waals surface area contributed by atoms with E-state index in [2.05, 4.69) is 64.8 Å². The fourth-order valence-corrected chi connectivity index (χ4v) is 3.62. The number of aryl methyl sites for hydroxylation is 1. The third-order valence-corrected chi connectivity index (χ3v) is 4.35. The lowest BCUT2D eigenvalue weighted by molar-refractivity contribution is 0.226. The van der Waals surface area contributed by atoms with Crippen LogP contribution >= 0.6 is 15.9 Å². The highest BCUT2D eigenvalue weighted by atomic mass is 79.9. The molecule has 0 amide bonds. The molecule has 4 heteroatoms. The molecule has 0 aromatic heterocycles. The van der Waals surface area contributed by atoms with Crippen molar-refractivity contribution in [2.45, 2.75) is 19.9 Å². The summed E-state index contributed by atoms with van der Waals surface area (Å²) in [6, 6.07) is 6.59. The molecule has 0 saturated carbocycles. The molecule has 1 N–H and O–H groups in total.